The van der Waals surface area contributed by atoms with Gasteiger partial charge in [-0.25, -0.2) is 9.07 Å². The second-order valence-corrected chi connectivity index (χ2v) is 7.11. The number of nitrogens with zero attached hydrogens (tertiary/aromatic N) is 3. The zero-order valence-corrected chi connectivity index (χ0v) is 17.0. The van der Waals surface area contributed by atoms with Crippen molar-refractivity contribution in [3.63, 3.8) is 0 Å². The van der Waals surface area contributed by atoms with Gasteiger partial charge in [-0.15, -0.1) is 12.4 Å². The van der Waals surface area contributed by atoms with Crippen molar-refractivity contribution in [1.82, 2.24) is 20.0 Å². The molecule has 2 aromatic carbocycles. The van der Waals surface area contributed by atoms with Crippen LogP contribution in [0.2, 0.25) is 0 Å². The van der Waals surface area contributed by atoms with Gasteiger partial charge in [0.05, 0.1) is 17.8 Å². The third-order valence-corrected chi connectivity index (χ3v) is 5.09. The summed E-state index contributed by atoms with van der Waals surface area (Å²) in [7, 11) is 0. The average Bonchev–Trinajstić information content (AvgIpc) is 3.13. The number of nitrogens with one attached hydrogen (secondary N) is 1. The van der Waals surface area contributed by atoms with E-state index in [1.807, 2.05) is 41.4 Å². The van der Waals surface area contributed by atoms with Crippen molar-refractivity contribution in [2.45, 2.75) is 19.4 Å². The smallest absolute Gasteiger partial charge is 0.227 e. The highest BCUT2D eigenvalue weighted by Crippen LogP contribution is 2.25. The monoisotopic (exact) mass is 414 g/mol. The molecule has 5 nitrogen and oxygen atoms in total. The Labute approximate surface area is 175 Å². The lowest BCUT2D eigenvalue weighted by molar-refractivity contribution is -0.133. The Balaban J connectivity index is 0.00000240. The summed E-state index contributed by atoms with van der Waals surface area (Å²) in [6.45, 7) is 4.38. The van der Waals surface area contributed by atoms with Crippen molar-refractivity contribution >= 4 is 18.3 Å². The van der Waals surface area contributed by atoms with Gasteiger partial charge in [-0.1, -0.05) is 18.2 Å². The Morgan fingerprint density at radius 1 is 1.17 bits per heavy atom. The molecule has 3 aromatic rings. The lowest BCUT2D eigenvalue weighted by atomic mass is 10.0. The molecule has 152 valence electrons. The molecule has 1 amide bonds. The number of amides is 1. The molecule has 0 radical (unpaired) electrons. The van der Waals surface area contributed by atoms with Gasteiger partial charge in [-0.3, -0.25) is 4.79 Å². The number of para-hydroxylation sites is 1. The van der Waals surface area contributed by atoms with E-state index in [1.54, 1.807) is 16.8 Å². The first kappa shape index (κ1) is 21.0. The Morgan fingerprint density at radius 2 is 1.90 bits per heavy atom. The molecule has 1 fully saturated rings. The molecule has 4 rings (SSSR count). The SMILES string of the molecule is C[C@H]1CNCCN1C(=O)Cc1cn(-c2ccccc2)nc1-c1ccc(F)cc1.Cl. The molecular weight excluding hydrogens is 391 g/mol. The molecule has 1 atom stereocenters. The molecule has 0 saturated carbocycles. The van der Waals surface area contributed by atoms with E-state index in [0.717, 1.165) is 29.9 Å². The molecule has 1 N–H and O–H groups in total. The second-order valence-electron chi connectivity index (χ2n) is 7.11. The average molecular weight is 415 g/mol. The maximum absolute atomic E-state index is 13.4. The summed E-state index contributed by atoms with van der Waals surface area (Å²) in [6.07, 6.45) is 2.17. The molecule has 0 unspecified atom stereocenters. The number of benzene rings is 2. The number of carbonyl (C=O) groups is 1. The highest BCUT2D eigenvalue weighted by molar-refractivity contribution is 5.85. The number of rotatable bonds is 4. The molecule has 1 aromatic heterocycles. The highest BCUT2D eigenvalue weighted by atomic mass is 35.5. The first-order chi connectivity index (χ1) is 13.6. The predicted octanol–water partition coefficient (Wildman–Crippen LogP) is 3.46. The van der Waals surface area contributed by atoms with Gasteiger partial charge in [0, 0.05) is 43.0 Å². The van der Waals surface area contributed by atoms with E-state index < -0.39 is 0 Å². The van der Waals surface area contributed by atoms with Gasteiger partial charge >= 0.3 is 0 Å². The topological polar surface area (TPSA) is 50.2 Å². The summed E-state index contributed by atoms with van der Waals surface area (Å²) >= 11 is 0. The van der Waals surface area contributed by atoms with E-state index in [-0.39, 0.29) is 36.6 Å². The largest absolute Gasteiger partial charge is 0.337 e. The lowest BCUT2D eigenvalue weighted by Gasteiger charge is -2.34. The fourth-order valence-corrected chi connectivity index (χ4v) is 3.58. The maximum atomic E-state index is 13.4. The summed E-state index contributed by atoms with van der Waals surface area (Å²) in [5.74, 6) is -0.205. The van der Waals surface area contributed by atoms with Gasteiger partial charge in [0.1, 0.15) is 5.82 Å². The second kappa shape index (κ2) is 9.20. The summed E-state index contributed by atoms with van der Waals surface area (Å²) in [5.41, 5.74) is 3.26. The number of carbonyl (C=O) groups excluding carboxylic acids is 1. The Morgan fingerprint density at radius 3 is 2.59 bits per heavy atom. The third-order valence-electron chi connectivity index (χ3n) is 5.09. The van der Waals surface area contributed by atoms with Crippen LogP contribution < -0.4 is 5.32 Å². The van der Waals surface area contributed by atoms with E-state index >= 15 is 0 Å². The summed E-state index contributed by atoms with van der Waals surface area (Å²) in [5, 5.41) is 8.01. The van der Waals surface area contributed by atoms with Crippen molar-refractivity contribution in [3.05, 3.63) is 72.2 Å². The van der Waals surface area contributed by atoms with Gasteiger partial charge in [-0.2, -0.15) is 5.10 Å². The van der Waals surface area contributed by atoms with Crippen LogP contribution in [0.25, 0.3) is 16.9 Å². The number of piperazine rings is 1. The van der Waals surface area contributed by atoms with Crippen LogP contribution in [0.15, 0.2) is 60.8 Å². The van der Waals surface area contributed by atoms with Crippen LogP contribution in [-0.2, 0) is 11.2 Å². The zero-order chi connectivity index (χ0) is 19.5. The lowest BCUT2D eigenvalue weighted by Crippen LogP contribution is -2.52. The van der Waals surface area contributed by atoms with Crippen molar-refractivity contribution in [1.29, 1.82) is 0 Å². The van der Waals surface area contributed by atoms with Crippen LogP contribution in [-0.4, -0.2) is 46.3 Å². The van der Waals surface area contributed by atoms with Crippen LogP contribution in [0.4, 0.5) is 4.39 Å². The minimum absolute atomic E-state index is 0. The fraction of sp³-hybridized carbons (Fsp3) is 0.273. The minimum atomic E-state index is -0.293. The molecule has 7 heteroatoms. The van der Waals surface area contributed by atoms with Crippen molar-refractivity contribution < 1.29 is 9.18 Å². The van der Waals surface area contributed by atoms with Crippen molar-refractivity contribution in [2.75, 3.05) is 19.6 Å². The van der Waals surface area contributed by atoms with Crippen LogP contribution in [0.3, 0.4) is 0 Å². The van der Waals surface area contributed by atoms with E-state index in [0.29, 0.717) is 12.2 Å². The number of hydrogen-bond donors (Lipinski definition) is 1. The Kier molecular flexibility index (Phi) is 6.67. The molecular formula is C22H24ClFN4O. The number of hydrogen-bond acceptors (Lipinski definition) is 3. The van der Waals surface area contributed by atoms with E-state index in [2.05, 4.69) is 12.2 Å². The molecule has 1 aliphatic heterocycles. The minimum Gasteiger partial charge on any atom is -0.337 e. The fourth-order valence-electron chi connectivity index (χ4n) is 3.58. The summed E-state index contributed by atoms with van der Waals surface area (Å²) in [6, 6.07) is 16.2. The van der Waals surface area contributed by atoms with Crippen molar-refractivity contribution in [3.8, 4) is 16.9 Å². The highest BCUT2D eigenvalue weighted by Gasteiger charge is 2.25. The zero-order valence-electron chi connectivity index (χ0n) is 16.2. The third kappa shape index (κ3) is 4.66. The van der Waals surface area contributed by atoms with Crippen LogP contribution in [0.5, 0.6) is 0 Å². The quantitative estimate of drug-likeness (QED) is 0.711. The van der Waals surface area contributed by atoms with Gasteiger partial charge in [0.2, 0.25) is 5.91 Å². The van der Waals surface area contributed by atoms with E-state index in [4.69, 9.17) is 5.10 Å². The van der Waals surface area contributed by atoms with Crippen molar-refractivity contribution in [2.24, 2.45) is 0 Å². The number of aromatic nitrogens is 2. The van der Waals surface area contributed by atoms with E-state index in [1.165, 1.54) is 12.1 Å². The van der Waals surface area contributed by atoms with Crippen LogP contribution >= 0.6 is 12.4 Å². The molecule has 2 heterocycles. The Bertz CT molecular complexity index is 959. The normalized spacial score (nSPS) is 16.3. The summed E-state index contributed by atoms with van der Waals surface area (Å²) < 4.78 is 15.2. The predicted molar refractivity (Wildman–Crippen MR) is 114 cm³/mol. The van der Waals surface area contributed by atoms with Gasteiger partial charge in [0.15, 0.2) is 0 Å². The molecule has 0 bridgehead atoms. The van der Waals surface area contributed by atoms with Gasteiger partial charge in [0.25, 0.3) is 0 Å². The molecule has 0 spiro atoms. The molecule has 1 aliphatic rings. The summed E-state index contributed by atoms with van der Waals surface area (Å²) in [4.78, 5) is 14.9. The number of halogens is 2. The molecule has 0 aliphatic carbocycles. The first-order valence-electron chi connectivity index (χ1n) is 9.52. The standard InChI is InChI=1S/C22H23FN4O.ClH/c1-16-14-24-11-12-26(16)21(28)13-18-15-27(20-5-3-2-4-6-20)25-22(18)17-7-9-19(23)10-8-17;/h2-10,15-16,24H,11-14H2,1H3;1H/t16-;/m0./s1. The van der Waals surface area contributed by atoms with E-state index in [9.17, 15) is 9.18 Å². The molecule has 1 saturated heterocycles. The molecule has 29 heavy (non-hydrogen) atoms. The Hall–Kier alpha value is -2.70. The maximum Gasteiger partial charge on any atom is 0.227 e. The van der Waals surface area contributed by atoms with Crippen LogP contribution in [0, 0.1) is 5.82 Å². The first-order valence-corrected chi connectivity index (χ1v) is 9.52. The van der Waals surface area contributed by atoms with Gasteiger partial charge < -0.3 is 10.2 Å². The van der Waals surface area contributed by atoms with Gasteiger partial charge in [-0.05, 0) is 43.3 Å². The van der Waals surface area contributed by atoms with Crippen LogP contribution in [0.1, 0.15) is 12.5 Å².